The second-order valence-corrected chi connectivity index (χ2v) is 4.99. The Bertz CT molecular complexity index is 212. The fourth-order valence-corrected chi connectivity index (χ4v) is 1.06. The van der Waals surface area contributed by atoms with Gasteiger partial charge in [-0.2, -0.15) is 0 Å². The smallest absolute Gasteiger partial charge is 0.410 e. The highest BCUT2D eigenvalue weighted by molar-refractivity contribution is 5.68. The monoisotopic (exact) mass is 232 g/mol. The second kappa shape index (κ2) is 6.70. The number of amides is 1. The molecule has 0 saturated heterocycles. The Balaban J connectivity index is 4.23. The van der Waals surface area contributed by atoms with E-state index in [1.165, 1.54) is 4.90 Å². The molecule has 0 aromatic carbocycles. The van der Waals surface area contributed by atoms with Crippen LogP contribution in [-0.4, -0.2) is 66.9 Å². The van der Waals surface area contributed by atoms with Crippen molar-refractivity contribution in [2.45, 2.75) is 26.4 Å². The molecule has 0 atom stereocenters. The van der Waals surface area contributed by atoms with Crippen LogP contribution in [0.3, 0.4) is 0 Å². The highest BCUT2D eigenvalue weighted by Gasteiger charge is 2.21. The Morgan fingerprint density at radius 1 is 1.19 bits per heavy atom. The fourth-order valence-electron chi connectivity index (χ4n) is 1.06. The van der Waals surface area contributed by atoms with Crippen LogP contribution in [0.25, 0.3) is 0 Å². The lowest BCUT2D eigenvalue weighted by molar-refractivity contribution is 0.0209. The highest BCUT2D eigenvalue weighted by atomic mass is 16.6. The van der Waals surface area contributed by atoms with E-state index >= 15 is 0 Å². The molecule has 0 aliphatic rings. The molecule has 96 valence electrons. The lowest BCUT2D eigenvalue weighted by Gasteiger charge is -2.27. The zero-order chi connectivity index (χ0) is 12.8. The number of carbonyl (C=O) groups is 1. The van der Waals surface area contributed by atoms with Gasteiger partial charge in [0, 0.05) is 19.6 Å². The van der Waals surface area contributed by atoms with Gasteiger partial charge in [0.2, 0.25) is 0 Å². The van der Waals surface area contributed by atoms with Crippen molar-refractivity contribution < 1.29 is 14.6 Å². The van der Waals surface area contributed by atoms with Crippen LogP contribution in [0.2, 0.25) is 0 Å². The quantitative estimate of drug-likeness (QED) is 0.761. The minimum atomic E-state index is -0.497. The van der Waals surface area contributed by atoms with Gasteiger partial charge in [0.15, 0.2) is 0 Å². The first-order chi connectivity index (χ1) is 7.26. The molecule has 0 aliphatic heterocycles. The van der Waals surface area contributed by atoms with Crippen molar-refractivity contribution in [2.24, 2.45) is 0 Å². The maximum atomic E-state index is 11.7. The Hall–Kier alpha value is -0.810. The molecule has 0 bridgehead atoms. The first-order valence-corrected chi connectivity index (χ1v) is 5.50. The number of aliphatic hydroxyl groups excluding tert-OH is 1. The summed E-state index contributed by atoms with van der Waals surface area (Å²) in [4.78, 5) is 15.2. The normalized spacial score (nSPS) is 11.7. The fraction of sp³-hybridized carbons (Fsp3) is 0.909. The predicted octanol–water partition coefficient (Wildman–Crippen LogP) is 0.777. The lowest BCUT2D eigenvalue weighted by Crippen LogP contribution is -2.41. The molecule has 5 heteroatoms. The average molecular weight is 232 g/mol. The maximum absolute atomic E-state index is 11.7. The molecule has 0 radical (unpaired) electrons. The number of carbonyl (C=O) groups excluding carboxylic acids is 1. The number of ether oxygens (including phenoxy) is 1. The molecule has 16 heavy (non-hydrogen) atoms. The van der Waals surface area contributed by atoms with Crippen LogP contribution >= 0.6 is 0 Å². The van der Waals surface area contributed by atoms with Crippen molar-refractivity contribution in [3.05, 3.63) is 0 Å². The molecule has 0 aliphatic carbocycles. The molecule has 0 fully saturated rings. The molecule has 0 rings (SSSR count). The van der Waals surface area contributed by atoms with Gasteiger partial charge in [-0.05, 0) is 34.9 Å². The summed E-state index contributed by atoms with van der Waals surface area (Å²) in [6, 6.07) is 0. The summed E-state index contributed by atoms with van der Waals surface area (Å²) in [6.07, 6.45) is -0.372. The van der Waals surface area contributed by atoms with E-state index < -0.39 is 5.60 Å². The Kier molecular flexibility index (Phi) is 6.36. The summed E-state index contributed by atoms with van der Waals surface area (Å²) in [5.74, 6) is 0. The molecular weight excluding hydrogens is 208 g/mol. The largest absolute Gasteiger partial charge is 0.444 e. The molecule has 0 saturated carbocycles. The van der Waals surface area contributed by atoms with Gasteiger partial charge in [-0.15, -0.1) is 0 Å². The van der Waals surface area contributed by atoms with E-state index in [1.807, 2.05) is 39.8 Å². The summed E-state index contributed by atoms with van der Waals surface area (Å²) in [6.45, 7) is 7.05. The molecule has 5 nitrogen and oxygen atoms in total. The van der Waals surface area contributed by atoms with Gasteiger partial charge in [-0.1, -0.05) is 0 Å². The second-order valence-electron chi connectivity index (χ2n) is 4.99. The van der Waals surface area contributed by atoms with Gasteiger partial charge < -0.3 is 19.6 Å². The summed E-state index contributed by atoms with van der Waals surface area (Å²) >= 11 is 0. The van der Waals surface area contributed by atoms with E-state index in [1.54, 1.807) is 0 Å². The Labute approximate surface area is 98.0 Å². The molecular formula is C11H24N2O3. The van der Waals surface area contributed by atoms with Gasteiger partial charge in [0.25, 0.3) is 0 Å². The summed E-state index contributed by atoms with van der Waals surface area (Å²) < 4.78 is 5.24. The molecule has 0 spiro atoms. The van der Waals surface area contributed by atoms with Crippen LogP contribution in [0, 0.1) is 0 Å². The zero-order valence-corrected chi connectivity index (χ0v) is 11.0. The Morgan fingerprint density at radius 3 is 2.12 bits per heavy atom. The average Bonchev–Trinajstić information content (AvgIpc) is 2.08. The minimum absolute atomic E-state index is 0.0489. The van der Waals surface area contributed by atoms with Crippen LogP contribution in [0.5, 0.6) is 0 Å². The van der Waals surface area contributed by atoms with Crippen LogP contribution < -0.4 is 0 Å². The number of rotatable bonds is 5. The molecule has 1 N–H and O–H groups in total. The first-order valence-electron chi connectivity index (χ1n) is 5.50. The SMILES string of the molecule is CN(C)CCN(CCO)C(=O)OC(C)(C)C. The summed E-state index contributed by atoms with van der Waals surface area (Å²) in [5.41, 5.74) is -0.497. The van der Waals surface area contributed by atoms with Crippen LogP contribution in [-0.2, 0) is 4.74 Å². The van der Waals surface area contributed by atoms with E-state index in [4.69, 9.17) is 9.84 Å². The lowest BCUT2D eigenvalue weighted by atomic mass is 10.2. The van der Waals surface area contributed by atoms with Gasteiger partial charge in [0.1, 0.15) is 5.60 Å². The number of nitrogens with zero attached hydrogens (tertiary/aromatic N) is 2. The summed E-state index contributed by atoms with van der Waals surface area (Å²) in [5, 5.41) is 8.89. The van der Waals surface area contributed by atoms with Crippen molar-refractivity contribution in [2.75, 3.05) is 40.3 Å². The van der Waals surface area contributed by atoms with Crippen molar-refractivity contribution in [1.82, 2.24) is 9.80 Å². The standard InChI is InChI=1S/C11H24N2O3/c1-11(2,3)16-10(15)13(8-9-14)7-6-12(4)5/h14H,6-9H2,1-5H3. The van der Waals surface area contributed by atoms with Gasteiger partial charge in [-0.25, -0.2) is 4.79 Å². The molecule has 0 aromatic rings. The number of hydrogen-bond donors (Lipinski definition) is 1. The number of likely N-dealkylation sites (N-methyl/N-ethyl adjacent to an activating group) is 1. The van der Waals surface area contributed by atoms with E-state index in [0.29, 0.717) is 13.1 Å². The van der Waals surface area contributed by atoms with E-state index in [-0.39, 0.29) is 12.7 Å². The van der Waals surface area contributed by atoms with Gasteiger partial charge in [0.05, 0.1) is 6.61 Å². The van der Waals surface area contributed by atoms with Crippen molar-refractivity contribution in [1.29, 1.82) is 0 Å². The third-order valence-electron chi connectivity index (χ3n) is 1.84. The van der Waals surface area contributed by atoms with Crippen LogP contribution in [0.4, 0.5) is 4.79 Å². The van der Waals surface area contributed by atoms with Crippen molar-refractivity contribution in [3.8, 4) is 0 Å². The van der Waals surface area contributed by atoms with Crippen molar-refractivity contribution in [3.63, 3.8) is 0 Å². The van der Waals surface area contributed by atoms with E-state index in [2.05, 4.69) is 0 Å². The minimum Gasteiger partial charge on any atom is -0.444 e. The van der Waals surface area contributed by atoms with Gasteiger partial charge in [-0.3, -0.25) is 0 Å². The third kappa shape index (κ3) is 7.48. The zero-order valence-electron chi connectivity index (χ0n) is 11.0. The van der Waals surface area contributed by atoms with Crippen LogP contribution in [0.15, 0.2) is 0 Å². The van der Waals surface area contributed by atoms with Gasteiger partial charge >= 0.3 is 6.09 Å². The summed E-state index contributed by atoms with van der Waals surface area (Å²) in [7, 11) is 3.87. The number of hydrogen-bond acceptors (Lipinski definition) is 4. The maximum Gasteiger partial charge on any atom is 0.410 e. The number of aliphatic hydroxyl groups is 1. The van der Waals surface area contributed by atoms with Crippen LogP contribution in [0.1, 0.15) is 20.8 Å². The molecule has 0 heterocycles. The predicted molar refractivity (Wildman–Crippen MR) is 63.4 cm³/mol. The topological polar surface area (TPSA) is 53.0 Å². The Morgan fingerprint density at radius 2 is 1.75 bits per heavy atom. The van der Waals surface area contributed by atoms with E-state index in [0.717, 1.165) is 6.54 Å². The first kappa shape index (κ1) is 15.2. The molecule has 1 amide bonds. The highest BCUT2D eigenvalue weighted by Crippen LogP contribution is 2.09. The van der Waals surface area contributed by atoms with E-state index in [9.17, 15) is 4.79 Å². The molecule has 0 aromatic heterocycles. The van der Waals surface area contributed by atoms with Crippen molar-refractivity contribution >= 4 is 6.09 Å². The third-order valence-corrected chi connectivity index (χ3v) is 1.84. The molecule has 0 unspecified atom stereocenters.